The van der Waals surface area contributed by atoms with Crippen molar-refractivity contribution in [3.8, 4) is 22.9 Å². The molecule has 9 rings (SSSR count). The zero-order valence-electron chi connectivity index (χ0n) is 25.6. The highest BCUT2D eigenvalue weighted by atomic mass is 15.0. The molecule has 2 heterocycles. The number of aromatic nitrogens is 1. The van der Waals surface area contributed by atoms with Crippen LogP contribution in [0, 0.1) is 11.3 Å². The van der Waals surface area contributed by atoms with Gasteiger partial charge in [0, 0.05) is 44.3 Å². The zero-order valence-corrected chi connectivity index (χ0v) is 25.6. The van der Waals surface area contributed by atoms with E-state index in [0.717, 1.165) is 33.9 Å². The number of hydrogen-bond acceptors (Lipinski definition) is 3. The van der Waals surface area contributed by atoms with Gasteiger partial charge in [-0.3, -0.25) is 4.99 Å². The minimum Gasteiger partial charge on any atom is -0.340 e. The van der Waals surface area contributed by atoms with Crippen LogP contribution in [0.5, 0.6) is 0 Å². The fraction of sp³-hybridized carbons (Fsp3) is 0.0952. The van der Waals surface area contributed by atoms with Gasteiger partial charge in [0.05, 0.1) is 22.7 Å². The van der Waals surface area contributed by atoms with Crippen molar-refractivity contribution in [2.75, 3.05) is 5.32 Å². The molecular formula is C42H30N4. The van der Waals surface area contributed by atoms with E-state index in [9.17, 15) is 5.26 Å². The number of fused-ring (bicyclic) bond motifs is 8. The molecule has 218 valence electrons. The fourth-order valence-corrected chi connectivity index (χ4v) is 7.72. The minimum atomic E-state index is -0.313. The van der Waals surface area contributed by atoms with Gasteiger partial charge in [-0.2, -0.15) is 5.26 Å². The van der Waals surface area contributed by atoms with Crippen LogP contribution in [0.4, 0.5) is 5.69 Å². The van der Waals surface area contributed by atoms with Crippen molar-refractivity contribution < 1.29 is 0 Å². The number of benzene rings is 6. The van der Waals surface area contributed by atoms with Crippen LogP contribution in [0.3, 0.4) is 0 Å². The Kier molecular flexibility index (Phi) is 5.64. The highest BCUT2D eigenvalue weighted by Crippen LogP contribution is 2.52. The summed E-state index contributed by atoms with van der Waals surface area (Å²) in [5.74, 6) is 0.802. The van der Waals surface area contributed by atoms with E-state index in [1.807, 2.05) is 36.4 Å². The zero-order chi connectivity index (χ0) is 31.0. The van der Waals surface area contributed by atoms with Crippen LogP contribution < -0.4 is 5.32 Å². The number of aliphatic imine (C=N–C) groups is 1. The first-order valence-corrected chi connectivity index (χ1v) is 15.7. The SMILES string of the molecule is CC1(C)c2ccccc2-c2c1ccc1c3ccccc3n(-c3ccc(C4N=C(c5ccccc5)Nc5cccc(C#N)c54)cc3)c21. The molecule has 1 aliphatic heterocycles. The maximum absolute atomic E-state index is 10.1. The summed E-state index contributed by atoms with van der Waals surface area (Å²) in [6.45, 7) is 4.67. The highest BCUT2D eigenvalue weighted by molar-refractivity contribution is 6.15. The summed E-state index contributed by atoms with van der Waals surface area (Å²) in [5, 5.41) is 16.1. The lowest BCUT2D eigenvalue weighted by molar-refractivity contribution is 0.661. The maximum atomic E-state index is 10.1. The molecule has 0 radical (unpaired) electrons. The third-order valence-electron chi connectivity index (χ3n) is 9.91. The Bertz CT molecular complexity index is 2420. The second kappa shape index (κ2) is 9.79. The van der Waals surface area contributed by atoms with Gasteiger partial charge in [-0.1, -0.05) is 117 Å². The standard InChI is InChI=1S/C42H30N4/c1-42(2)33-16-8-6-15-32(33)38-34(42)24-23-31-30-14-7-9-18-36(30)46(40(31)38)29-21-19-26(20-22-29)39-37-28(25-43)13-10-17-35(37)44-41(45-39)27-11-4-3-5-12-27/h3-24,39H,1-2H3,(H,44,45). The van der Waals surface area contributed by atoms with E-state index in [4.69, 9.17) is 4.99 Å². The molecule has 0 fully saturated rings. The number of rotatable bonds is 3. The van der Waals surface area contributed by atoms with E-state index in [0.29, 0.717) is 5.56 Å². The van der Waals surface area contributed by atoms with E-state index in [1.54, 1.807) is 0 Å². The summed E-state index contributed by atoms with van der Waals surface area (Å²) in [6.07, 6.45) is 0. The van der Waals surface area contributed by atoms with Gasteiger partial charge in [0.25, 0.3) is 0 Å². The van der Waals surface area contributed by atoms with E-state index >= 15 is 0 Å². The van der Waals surface area contributed by atoms with Crippen molar-refractivity contribution >= 4 is 33.3 Å². The molecule has 7 aromatic rings. The lowest BCUT2D eigenvalue weighted by Gasteiger charge is -2.27. The first-order chi connectivity index (χ1) is 22.5. The van der Waals surface area contributed by atoms with Crippen molar-refractivity contribution in [3.63, 3.8) is 0 Å². The topological polar surface area (TPSA) is 53.1 Å². The Labute approximate surface area is 267 Å². The van der Waals surface area contributed by atoms with Crippen LogP contribution in [-0.2, 0) is 5.41 Å². The molecule has 1 unspecified atom stereocenters. The summed E-state index contributed by atoms with van der Waals surface area (Å²) in [5.41, 5.74) is 13.3. The Morgan fingerprint density at radius 1 is 0.717 bits per heavy atom. The van der Waals surface area contributed by atoms with Crippen molar-refractivity contribution in [2.45, 2.75) is 25.3 Å². The summed E-state index contributed by atoms with van der Waals surface area (Å²) >= 11 is 0. The van der Waals surface area contributed by atoms with E-state index < -0.39 is 0 Å². The molecule has 0 saturated carbocycles. The molecule has 0 amide bonds. The van der Waals surface area contributed by atoms with Gasteiger partial charge in [-0.15, -0.1) is 0 Å². The number of nitrogens with zero attached hydrogens (tertiary/aromatic N) is 3. The molecule has 0 bridgehead atoms. The number of nitriles is 1. The van der Waals surface area contributed by atoms with E-state index in [-0.39, 0.29) is 11.5 Å². The number of hydrogen-bond donors (Lipinski definition) is 1. The minimum absolute atomic E-state index is 0.0828. The van der Waals surface area contributed by atoms with Crippen LogP contribution in [0.1, 0.15) is 53.3 Å². The third kappa shape index (κ3) is 3.69. The number of para-hydroxylation sites is 1. The number of anilines is 1. The van der Waals surface area contributed by atoms with Gasteiger partial charge in [0.15, 0.2) is 0 Å². The number of amidine groups is 1. The molecule has 0 spiro atoms. The molecule has 1 N–H and O–H groups in total. The predicted octanol–water partition coefficient (Wildman–Crippen LogP) is 9.92. The summed E-state index contributed by atoms with van der Waals surface area (Å²) in [7, 11) is 0. The molecule has 1 aromatic heterocycles. The highest BCUT2D eigenvalue weighted by Gasteiger charge is 2.37. The fourth-order valence-electron chi connectivity index (χ4n) is 7.72. The quantitative estimate of drug-likeness (QED) is 0.223. The van der Waals surface area contributed by atoms with Gasteiger partial charge in [0.2, 0.25) is 0 Å². The largest absolute Gasteiger partial charge is 0.340 e. The molecule has 1 atom stereocenters. The lowest BCUT2D eigenvalue weighted by atomic mass is 9.82. The lowest BCUT2D eigenvalue weighted by Crippen LogP contribution is -2.23. The normalized spacial score (nSPS) is 15.8. The summed E-state index contributed by atoms with van der Waals surface area (Å²) in [6, 6.07) is 49.1. The number of nitrogens with one attached hydrogen (secondary N) is 1. The van der Waals surface area contributed by atoms with Crippen molar-refractivity contribution in [3.05, 3.63) is 167 Å². The molecular weight excluding hydrogens is 560 g/mol. The maximum Gasteiger partial charge on any atom is 0.133 e. The average Bonchev–Trinajstić information content (AvgIpc) is 3.57. The molecule has 1 aliphatic carbocycles. The Balaban J connectivity index is 1.25. The first-order valence-electron chi connectivity index (χ1n) is 15.7. The van der Waals surface area contributed by atoms with Gasteiger partial charge in [-0.25, -0.2) is 0 Å². The molecule has 4 nitrogen and oxygen atoms in total. The van der Waals surface area contributed by atoms with Gasteiger partial charge < -0.3 is 9.88 Å². The van der Waals surface area contributed by atoms with Crippen LogP contribution in [0.25, 0.3) is 38.6 Å². The predicted molar refractivity (Wildman–Crippen MR) is 188 cm³/mol. The first kappa shape index (κ1) is 26.5. The monoisotopic (exact) mass is 590 g/mol. The Hall–Kier alpha value is -5.92. The average molecular weight is 591 g/mol. The van der Waals surface area contributed by atoms with Gasteiger partial charge in [0.1, 0.15) is 11.9 Å². The van der Waals surface area contributed by atoms with Crippen molar-refractivity contribution in [1.82, 2.24) is 4.57 Å². The second-order valence-electron chi connectivity index (χ2n) is 12.7. The summed E-state index contributed by atoms with van der Waals surface area (Å²) < 4.78 is 2.43. The molecule has 6 aromatic carbocycles. The van der Waals surface area contributed by atoms with Gasteiger partial charge in [-0.05, 0) is 52.6 Å². The van der Waals surface area contributed by atoms with Crippen LogP contribution in [0.2, 0.25) is 0 Å². The molecule has 46 heavy (non-hydrogen) atoms. The molecule has 2 aliphatic rings. The molecule has 4 heteroatoms. The van der Waals surface area contributed by atoms with Crippen LogP contribution in [0.15, 0.2) is 138 Å². The van der Waals surface area contributed by atoms with Gasteiger partial charge >= 0.3 is 0 Å². The van der Waals surface area contributed by atoms with Crippen LogP contribution >= 0.6 is 0 Å². The smallest absolute Gasteiger partial charge is 0.133 e. The van der Waals surface area contributed by atoms with E-state index in [1.165, 1.54) is 44.1 Å². The summed E-state index contributed by atoms with van der Waals surface area (Å²) in [4.78, 5) is 5.20. The van der Waals surface area contributed by atoms with Crippen molar-refractivity contribution in [1.29, 1.82) is 5.26 Å². The Morgan fingerprint density at radius 3 is 2.30 bits per heavy atom. The van der Waals surface area contributed by atoms with Crippen LogP contribution in [-0.4, -0.2) is 10.4 Å². The Morgan fingerprint density at radius 2 is 1.48 bits per heavy atom. The van der Waals surface area contributed by atoms with Crippen molar-refractivity contribution in [2.24, 2.45) is 4.99 Å². The molecule has 0 saturated heterocycles. The second-order valence-corrected chi connectivity index (χ2v) is 12.7. The van der Waals surface area contributed by atoms with E-state index in [2.05, 4.69) is 127 Å². The third-order valence-corrected chi connectivity index (χ3v) is 9.91.